The van der Waals surface area contributed by atoms with Gasteiger partial charge in [-0.3, -0.25) is 4.79 Å². The van der Waals surface area contributed by atoms with Crippen molar-refractivity contribution >= 4 is 28.5 Å². The molecular formula is C7H10INO2. The van der Waals surface area contributed by atoms with E-state index < -0.39 is 0 Å². The average Bonchev–Trinajstić information content (AvgIpc) is 2.38. The highest BCUT2D eigenvalue weighted by molar-refractivity contribution is 14.1. The number of amides is 1. The third-order valence-electron chi connectivity index (χ3n) is 2.29. The molecule has 11 heavy (non-hydrogen) atoms. The van der Waals surface area contributed by atoms with Gasteiger partial charge < -0.3 is 9.64 Å². The van der Waals surface area contributed by atoms with Crippen LogP contribution < -0.4 is 0 Å². The van der Waals surface area contributed by atoms with Crippen molar-refractivity contribution in [1.29, 1.82) is 0 Å². The number of alkyl halides is 1. The molecule has 0 aromatic rings. The summed E-state index contributed by atoms with van der Waals surface area (Å²) < 4.78 is 5.09. The molecule has 0 aromatic heterocycles. The van der Waals surface area contributed by atoms with Gasteiger partial charge in [-0.25, -0.2) is 0 Å². The Kier molecular flexibility index (Phi) is 1.64. The third kappa shape index (κ3) is 1.07. The molecule has 2 saturated heterocycles. The van der Waals surface area contributed by atoms with E-state index in [1.807, 2.05) is 11.8 Å². The summed E-state index contributed by atoms with van der Waals surface area (Å²) >= 11 is 2.18. The predicted molar refractivity (Wildman–Crippen MR) is 48.2 cm³/mol. The van der Waals surface area contributed by atoms with E-state index in [2.05, 4.69) is 22.6 Å². The van der Waals surface area contributed by atoms with Crippen LogP contribution in [-0.4, -0.2) is 27.2 Å². The van der Waals surface area contributed by atoms with Crippen molar-refractivity contribution in [2.24, 2.45) is 0 Å². The van der Waals surface area contributed by atoms with Gasteiger partial charge in [-0.1, -0.05) is 0 Å². The van der Waals surface area contributed by atoms with Crippen LogP contribution in [0.15, 0.2) is 0 Å². The highest BCUT2D eigenvalue weighted by Crippen LogP contribution is 2.39. The number of carbonyl (C=O) groups is 1. The van der Waals surface area contributed by atoms with E-state index in [4.69, 9.17) is 4.74 Å². The van der Waals surface area contributed by atoms with E-state index in [1.165, 1.54) is 0 Å². The Bertz CT molecular complexity index is 205. The van der Waals surface area contributed by atoms with Crippen molar-refractivity contribution in [3.05, 3.63) is 0 Å². The van der Waals surface area contributed by atoms with Crippen molar-refractivity contribution in [2.45, 2.75) is 29.5 Å². The molecule has 1 amide bonds. The number of hydrogen-bond acceptors (Lipinski definition) is 2. The Morgan fingerprint density at radius 1 is 1.82 bits per heavy atom. The minimum Gasteiger partial charge on any atom is -0.345 e. The van der Waals surface area contributed by atoms with Crippen LogP contribution in [0.3, 0.4) is 0 Å². The molecule has 1 unspecified atom stereocenters. The molecule has 0 N–H and O–H groups in total. The SMILES string of the molecule is CC1(I)OC[C@@H]2CCC(=O)N21. The maximum Gasteiger partial charge on any atom is 0.225 e. The lowest BCUT2D eigenvalue weighted by atomic mass is 10.2. The molecule has 0 aromatic carbocycles. The van der Waals surface area contributed by atoms with Gasteiger partial charge in [0, 0.05) is 6.42 Å². The van der Waals surface area contributed by atoms with Gasteiger partial charge in [0.25, 0.3) is 0 Å². The number of halogens is 1. The molecule has 2 fully saturated rings. The number of fused-ring (bicyclic) bond motifs is 1. The van der Waals surface area contributed by atoms with Crippen LogP contribution in [0.5, 0.6) is 0 Å². The largest absolute Gasteiger partial charge is 0.345 e. The molecule has 0 radical (unpaired) electrons. The fraction of sp³-hybridized carbons (Fsp3) is 0.857. The molecule has 2 aliphatic heterocycles. The van der Waals surface area contributed by atoms with Crippen LogP contribution in [0, 0.1) is 0 Å². The number of rotatable bonds is 0. The van der Waals surface area contributed by atoms with Crippen molar-refractivity contribution in [2.75, 3.05) is 6.61 Å². The first-order chi connectivity index (χ1) is 5.11. The summed E-state index contributed by atoms with van der Waals surface area (Å²) in [6, 6.07) is 0.351. The topological polar surface area (TPSA) is 29.5 Å². The van der Waals surface area contributed by atoms with E-state index in [0.29, 0.717) is 19.1 Å². The first-order valence-corrected chi connectivity index (χ1v) is 4.84. The molecule has 2 heterocycles. The average molecular weight is 267 g/mol. The van der Waals surface area contributed by atoms with E-state index in [-0.39, 0.29) is 9.64 Å². The zero-order valence-electron chi connectivity index (χ0n) is 6.34. The van der Waals surface area contributed by atoms with E-state index in [9.17, 15) is 4.79 Å². The Morgan fingerprint density at radius 3 is 3.18 bits per heavy atom. The molecule has 0 saturated carbocycles. The second kappa shape index (κ2) is 2.32. The second-order valence-electron chi connectivity index (χ2n) is 3.14. The summed E-state index contributed by atoms with van der Waals surface area (Å²) in [6.07, 6.45) is 1.67. The Balaban J connectivity index is 2.27. The molecule has 2 atom stereocenters. The first kappa shape index (κ1) is 7.79. The van der Waals surface area contributed by atoms with Gasteiger partial charge in [-0.15, -0.1) is 0 Å². The van der Waals surface area contributed by atoms with Crippen molar-refractivity contribution < 1.29 is 9.53 Å². The van der Waals surface area contributed by atoms with Crippen LogP contribution in [0.4, 0.5) is 0 Å². The molecule has 4 heteroatoms. The fourth-order valence-electron chi connectivity index (χ4n) is 1.77. The molecule has 0 spiro atoms. The fourth-order valence-corrected chi connectivity index (χ4v) is 2.61. The van der Waals surface area contributed by atoms with Gasteiger partial charge in [0.15, 0.2) is 3.73 Å². The first-order valence-electron chi connectivity index (χ1n) is 3.76. The van der Waals surface area contributed by atoms with Crippen LogP contribution in [0.1, 0.15) is 19.8 Å². The Hall–Kier alpha value is 0.160. The predicted octanol–water partition coefficient (Wildman–Crippen LogP) is 1.12. The van der Waals surface area contributed by atoms with Crippen LogP contribution in [0.2, 0.25) is 0 Å². The van der Waals surface area contributed by atoms with Gasteiger partial charge in [0.1, 0.15) is 0 Å². The quantitative estimate of drug-likeness (QED) is 0.374. The van der Waals surface area contributed by atoms with Crippen molar-refractivity contribution in [3.8, 4) is 0 Å². The van der Waals surface area contributed by atoms with Crippen LogP contribution in [0.25, 0.3) is 0 Å². The number of carbonyl (C=O) groups excluding carboxylic acids is 1. The number of hydrogen-bond donors (Lipinski definition) is 0. The molecule has 62 valence electrons. The zero-order valence-corrected chi connectivity index (χ0v) is 8.50. The van der Waals surface area contributed by atoms with Crippen molar-refractivity contribution in [3.63, 3.8) is 0 Å². The minimum absolute atomic E-state index is 0.240. The molecule has 0 aliphatic carbocycles. The summed E-state index contributed by atoms with van der Waals surface area (Å²) in [5.74, 6) is 0.240. The number of nitrogens with zero attached hydrogens (tertiary/aromatic N) is 1. The molecule has 3 nitrogen and oxygen atoms in total. The van der Waals surface area contributed by atoms with E-state index in [1.54, 1.807) is 0 Å². The molecule has 2 aliphatic rings. The van der Waals surface area contributed by atoms with Gasteiger partial charge in [0.05, 0.1) is 12.6 Å². The maximum atomic E-state index is 11.3. The summed E-state index contributed by atoms with van der Waals surface area (Å²) in [5.41, 5.74) is 0. The molecule has 2 rings (SSSR count). The van der Waals surface area contributed by atoms with Crippen molar-refractivity contribution in [1.82, 2.24) is 4.90 Å². The van der Waals surface area contributed by atoms with Crippen LogP contribution in [-0.2, 0) is 9.53 Å². The van der Waals surface area contributed by atoms with Gasteiger partial charge >= 0.3 is 0 Å². The molecular weight excluding hydrogens is 257 g/mol. The van der Waals surface area contributed by atoms with E-state index in [0.717, 1.165) is 6.42 Å². The second-order valence-corrected chi connectivity index (χ2v) is 5.14. The number of ether oxygens (including phenoxy) is 1. The van der Waals surface area contributed by atoms with E-state index >= 15 is 0 Å². The molecule has 0 bridgehead atoms. The third-order valence-corrected chi connectivity index (χ3v) is 3.13. The lowest BCUT2D eigenvalue weighted by Gasteiger charge is -2.26. The van der Waals surface area contributed by atoms with Gasteiger partial charge in [-0.05, 0) is 35.9 Å². The lowest BCUT2D eigenvalue weighted by Crippen LogP contribution is -2.40. The Labute approximate surface area is 79.2 Å². The normalized spacial score (nSPS) is 43.3. The zero-order chi connectivity index (χ0) is 8.06. The maximum absolute atomic E-state index is 11.3. The van der Waals surface area contributed by atoms with Gasteiger partial charge in [0.2, 0.25) is 5.91 Å². The lowest BCUT2D eigenvalue weighted by molar-refractivity contribution is -0.133. The Morgan fingerprint density at radius 2 is 2.55 bits per heavy atom. The highest BCUT2D eigenvalue weighted by Gasteiger charge is 2.48. The minimum atomic E-state index is -0.379. The highest BCUT2D eigenvalue weighted by atomic mass is 127. The summed E-state index contributed by atoms with van der Waals surface area (Å²) in [6.45, 7) is 2.65. The summed E-state index contributed by atoms with van der Waals surface area (Å²) in [4.78, 5) is 13.2. The smallest absolute Gasteiger partial charge is 0.225 e. The monoisotopic (exact) mass is 267 g/mol. The summed E-state index contributed by atoms with van der Waals surface area (Å²) in [5, 5.41) is 0. The summed E-state index contributed by atoms with van der Waals surface area (Å²) in [7, 11) is 0. The standard InChI is InChI=1S/C7H10INO2/c1-7(8)9-5(4-11-7)2-3-6(9)10/h5H,2-4H2,1H3/t5-,7?/m0/s1. The van der Waals surface area contributed by atoms with Crippen LogP contribution >= 0.6 is 22.6 Å². The van der Waals surface area contributed by atoms with Gasteiger partial charge in [-0.2, -0.15) is 0 Å².